The summed E-state index contributed by atoms with van der Waals surface area (Å²) in [5.74, 6) is 1.55. The summed E-state index contributed by atoms with van der Waals surface area (Å²) in [7, 11) is 3.31. The Morgan fingerprint density at radius 1 is 0.816 bits per heavy atom. The molecule has 1 fully saturated rings. The Labute approximate surface area is 283 Å². The molecule has 49 heavy (non-hydrogen) atoms. The molecule has 2 atom stereocenters. The number of carbonyl (C=O) groups is 1. The van der Waals surface area contributed by atoms with Gasteiger partial charge in [-0.05, 0) is 53.1 Å². The van der Waals surface area contributed by atoms with Gasteiger partial charge in [0.1, 0.15) is 29.7 Å². The number of nitrogens with zero attached hydrogens (tertiary/aromatic N) is 4. The van der Waals surface area contributed by atoms with Crippen LogP contribution >= 0.6 is 0 Å². The lowest BCUT2D eigenvalue weighted by molar-refractivity contribution is -0.125. The molecule has 11 nitrogen and oxygen atoms in total. The number of anilines is 1. The highest BCUT2D eigenvalue weighted by atomic mass is 16.6. The average Bonchev–Trinajstić information content (AvgIpc) is 3.62. The second-order valence-corrected chi connectivity index (χ2v) is 11.6. The number of imidazole rings is 1. The molecule has 11 heteroatoms. The van der Waals surface area contributed by atoms with E-state index >= 15 is 0 Å². The summed E-state index contributed by atoms with van der Waals surface area (Å²) in [6.07, 6.45) is 2.31. The first-order valence-electron chi connectivity index (χ1n) is 16.0. The first-order valence-corrected chi connectivity index (χ1v) is 16.0. The maximum atomic E-state index is 12.9. The van der Waals surface area contributed by atoms with Gasteiger partial charge in [0.05, 0.1) is 33.3 Å². The Balaban J connectivity index is 1.17. The monoisotopic (exact) mass is 656 g/mol. The number of nitrogens with one attached hydrogen (secondary N) is 2. The highest BCUT2D eigenvalue weighted by Crippen LogP contribution is 2.42. The Morgan fingerprint density at radius 3 is 2.06 bits per heavy atom. The summed E-state index contributed by atoms with van der Waals surface area (Å²) in [5.41, 5.74) is 3.40. The fourth-order valence-corrected chi connectivity index (χ4v) is 6.16. The van der Waals surface area contributed by atoms with Gasteiger partial charge >= 0.3 is 0 Å². The van der Waals surface area contributed by atoms with E-state index in [0.29, 0.717) is 35.6 Å². The minimum absolute atomic E-state index is 0.260. The van der Waals surface area contributed by atoms with Crippen LogP contribution < -0.4 is 20.1 Å². The van der Waals surface area contributed by atoms with Crippen LogP contribution in [0.1, 0.15) is 33.3 Å². The van der Waals surface area contributed by atoms with Crippen LogP contribution in [0.2, 0.25) is 0 Å². The quantitative estimate of drug-likeness (QED) is 0.172. The third kappa shape index (κ3) is 6.47. The van der Waals surface area contributed by atoms with E-state index in [9.17, 15) is 4.79 Å². The van der Waals surface area contributed by atoms with E-state index in [2.05, 4.69) is 37.7 Å². The summed E-state index contributed by atoms with van der Waals surface area (Å²) in [6.45, 7) is 1.36. The lowest BCUT2D eigenvalue weighted by Gasteiger charge is -2.39. The van der Waals surface area contributed by atoms with E-state index in [-0.39, 0.29) is 18.6 Å². The molecule has 0 aliphatic carbocycles. The lowest BCUT2D eigenvalue weighted by Crippen LogP contribution is -2.46. The average molecular weight is 657 g/mol. The number of fused-ring (bicyclic) bond motifs is 1. The van der Waals surface area contributed by atoms with E-state index in [0.717, 1.165) is 28.2 Å². The Morgan fingerprint density at radius 2 is 1.43 bits per heavy atom. The van der Waals surface area contributed by atoms with Gasteiger partial charge < -0.3 is 29.6 Å². The first kappa shape index (κ1) is 32.0. The molecular weight excluding hydrogens is 620 g/mol. The normalized spacial score (nSPS) is 16.3. The van der Waals surface area contributed by atoms with Crippen molar-refractivity contribution < 1.29 is 23.7 Å². The van der Waals surface area contributed by atoms with Crippen LogP contribution in [-0.2, 0) is 15.1 Å². The van der Waals surface area contributed by atoms with Crippen LogP contribution in [0, 0.1) is 0 Å². The van der Waals surface area contributed by atoms with Crippen molar-refractivity contribution in [3.05, 3.63) is 144 Å². The molecule has 1 saturated heterocycles. The first-order chi connectivity index (χ1) is 24.1. The van der Waals surface area contributed by atoms with Gasteiger partial charge in [-0.1, -0.05) is 72.8 Å². The smallest absolute Gasteiger partial charge is 0.256 e. The van der Waals surface area contributed by atoms with Crippen molar-refractivity contribution in [1.82, 2.24) is 24.8 Å². The molecule has 2 N–H and O–H groups in total. The van der Waals surface area contributed by atoms with Crippen molar-refractivity contribution in [2.75, 3.05) is 39.2 Å². The molecular formula is C38H36N6O5. The molecule has 3 heterocycles. The molecule has 1 aliphatic heterocycles. The summed E-state index contributed by atoms with van der Waals surface area (Å²) < 4.78 is 26.6. The van der Waals surface area contributed by atoms with Crippen molar-refractivity contribution in [3.63, 3.8) is 0 Å². The Hall–Kier alpha value is -5.62. The zero-order valence-corrected chi connectivity index (χ0v) is 27.2. The zero-order chi connectivity index (χ0) is 33.6. The predicted molar refractivity (Wildman–Crippen MR) is 185 cm³/mol. The van der Waals surface area contributed by atoms with E-state index in [1.54, 1.807) is 32.7 Å². The SMILES string of the molecule is COc1ccc(C(OC[C@@H]2CNC[C@H](n3cnc4c(NC(=O)c5ccccc5)ncnc43)O2)(c2ccccc2)c2ccc(OC)cc2)cc1. The van der Waals surface area contributed by atoms with Crippen molar-refractivity contribution in [2.45, 2.75) is 17.9 Å². The van der Waals surface area contributed by atoms with Gasteiger partial charge in [0.15, 0.2) is 17.0 Å². The van der Waals surface area contributed by atoms with Gasteiger partial charge in [0.2, 0.25) is 0 Å². The Bertz CT molecular complexity index is 1960. The second-order valence-electron chi connectivity index (χ2n) is 11.6. The van der Waals surface area contributed by atoms with E-state index in [4.69, 9.17) is 18.9 Å². The molecule has 248 valence electrons. The molecule has 1 aliphatic rings. The summed E-state index contributed by atoms with van der Waals surface area (Å²) in [4.78, 5) is 26.2. The maximum absolute atomic E-state index is 12.9. The number of benzene rings is 4. The standard InChI is InChI=1S/C38H36N6O5/c1-46-30-17-13-28(14-18-30)38(27-11-7-4-8-12-27,29-15-19-31(47-2)20-16-29)48-23-32-21-39-22-33(49-32)44-25-42-34-35(40-24-41-36(34)44)43-37(45)26-9-5-3-6-10-26/h3-20,24-25,32-33,39H,21-23H2,1-2H3,(H,40,41,43,45)/t32-,33+/m0/s1. The molecule has 1 amide bonds. The largest absolute Gasteiger partial charge is 0.497 e. The number of methoxy groups -OCH3 is 2. The van der Waals surface area contributed by atoms with Crippen LogP contribution in [0.5, 0.6) is 11.5 Å². The number of hydrogen-bond donors (Lipinski definition) is 2. The third-order valence-electron chi connectivity index (χ3n) is 8.64. The second kappa shape index (κ2) is 14.2. The number of ether oxygens (including phenoxy) is 4. The summed E-state index contributed by atoms with van der Waals surface area (Å²) in [5, 5.41) is 6.36. The number of hydrogen-bond acceptors (Lipinski definition) is 9. The number of carbonyl (C=O) groups excluding carboxylic acids is 1. The van der Waals surface area contributed by atoms with Crippen LogP contribution in [0.3, 0.4) is 0 Å². The molecule has 2 aromatic heterocycles. The van der Waals surface area contributed by atoms with Gasteiger partial charge in [-0.25, -0.2) is 15.0 Å². The lowest BCUT2D eigenvalue weighted by atomic mass is 9.80. The van der Waals surface area contributed by atoms with Crippen LogP contribution in [0.25, 0.3) is 11.2 Å². The fourth-order valence-electron chi connectivity index (χ4n) is 6.16. The highest BCUT2D eigenvalue weighted by Gasteiger charge is 2.39. The molecule has 0 unspecified atom stereocenters. The van der Waals surface area contributed by atoms with Crippen molar-refractivity contribution in [3.8, 4) is 11.5 Å². The number of amides is 1. The Kier molecular flexibility index (Phi) is 9.29. The van der Waals surface area contributed by atoms with Gasteiger partial charge in [-0.2, -0.15) is 0 Å². The van der Waals surface area contributed by atoms with E-state index in [1.807, 2.05) is 89.5 Å². The molecule has 0 saturated carbocycles. The molecule has 0 spiro atoms. The van der Waals surface area contributed by atoms with Gasteiger partial charge in [0, 0.05) is 18.7 Å². The van der Waals surface area contributed by atoms with Crippen molar-refractivity contribution >= 4 is 22.9 Å². The minimum Gasteiger partial charge on any atom is -0.497 e. The number of aromatic nitrogens is 4. The zero-order valence-electron chi connectivity index (χ0n) is 27.2. The summed E-state index contributed by atoms with van der Waals surface area (Å²) >= 11 is 0. The summed E-state index contributed by atoms with van der Waals surface area (Å²) in [6, 6.07) is 35.0. The number of rotatable bonds is 11. The highest BCUT2D eigenvalue weighted by molar-refractivity contribution is 6.06. The van der Waals surface area contributed by atoms with Crippen molar-refractivity contribution in [1.29, 1.82) is 0 Å². The molecule has 6 aromatic rings. The van der Waals surface area contributed by atoms with Gasteiger partial charge in [0.25, 0.3) is 5.91 Å². The van der Waals surface area contributed by atoms with Crippen LogP contribution in [0.4, 0.5) is 5.82 Å². The van der Waals surface area contributed by atoms with Gasteiger partial charge in [-0.15, -0.1) is 0 Å². The molecule has 4 aromatic carbocycles. The topological polar surface area (TPSA) is 122 Å². The van der Waals surface area contributed by atoms with Gasteiger partial charge in [-0.3, -0.25) is 9.36 Å². The number of morpholine rings is 1. The minimum atomic E-state index is -0.975. The molecule has 7 rings (SSSR count). The fraction of sp³-hybridized carbons (Fsp3) is 0.211. The van der Waals surface area contributed by atoms with Crippen molar-refractivity contribution in [2.24, 2.45) is 0 Å². The molecule has 0 bridgehead atoms. The third-order valence-corrected chi connectivity index (χ3v) is 8.64. The maximum Gasteiger partial charge on any atom is 0.256 e. The molecule has 0 radical (unpaired) electrons. The predicted octanol–water partition coefficient (Wildman–Crippen LogP) is 5.59. The van der Waals surface area contributed by atoms with Crippen LogP contribution in [0.15, 0.2) is 122 Å². The van der Waals surface area contributed by atoms with Crippen LogP contribution in [-0.4, -0.2) is 65.4 Å². The van der Waals surface area contributed by atoms with E-state index < -0.39 is 11.8 Å². The van der Waals surface area contributed by atoms with E-state index in [1.165, 1.54) is 6.33 Å².